The van der Waals surface area contributed by atoms with Crippen molar-refractivity contribution in [1.82, 2.24) is 0 Å². The lowest BCUT2D eigenvalue weighted by molar-refractivity contribution is -0.147. The predicted octanol–water partition coefficient (Wildman–Crippen LogP) is 8.86. The summed E-state index contributed by atoms with van der Waals surface area (Å²) in [5.74, 6) is 5.03. The molecule has 3 rings (SSSR count). The summed E-state index contributed by atoms with van der Waals surface area (Å²) >= 11 is 0. The summed E-state index contributed by atoms with van der Waals surface area (Å²) < 4.78 is 11.2. The molecule has 7 nitrogen and oxygen atoms in total. The summed E-state index contributed by atoms with van der Waals surface area (Å²) in [5.41, 5.74) is 0. The van der Waals surface area contributed by atoms with Gasteiger partial charge in [-0.25, -0.2) is 4.79 Å². The number of aliphatic hydroxyl groups excluding tert-OH is 3. The molecule has 0 saturated heterocycles. The average Bonchev–Trinajstić information content (AvgIpc) is 2.96. The molecule has 7 heteroatoms. The minimum atomic E-state index is -0.865. The number of carboxylic acids is 1. The molecule has 46 heavy (non-hydrogen) atoms. The van der Waals surface area contributed by atoms with Crippen LogP contribution in [0.3, 0.4) is 0 Å². The van der Waals surface area contributed by atoms with Crippen molar-refractivity contribution in [2.45, 2.75) is 166 Å². The van der Waals surface area contributed by atoms with Gasteiger partial charge in [-0.1, -0.05) is 102 Å². The predicted molar refractivity (Wildman–Crippen MR) is 193 cm³/mol. The molecule has 0 aliphatic heterocycles. The molecule has 3 fully saturated rings. The van der Waals surface area contributed by atoms with Crippen LogP contribution in [0.1, 0.15) is 147 Å². The van der Waals surface area contributed by atoms with Crippen molar-refractivity contribution in [3.05, 3.63) is 0 Å². The van der Waals surface area contributed by atoms with Crippen LogP contribution in [0.4, 0.5) is 0 Å². The second-order valence-electron chi connectivity index (χ2n) is 15.4. The topological polar surface area (TPSA) is 116 Å². The van der Waals surface area contributed by atoms with E-state index in [1.807, 2.05) is 0 Å². The monoisotopic (exact) mass is 661 g/mol. The van der Waals surface area contributed by atoms with Crippen LogP contribution < -0.4 is 0 Å². The Labute approximate surface area is 285 Å². The maximum atomic E-state index is 10.5. The van der Waals surface area contributed by atoms with E-state index in [-0.39, 0.29) is 32.0 Å². The number of rotatable bonds is 9. The Morgan fingerprint density at radius 1 is 0.652 bits per heavy atom. The minimum absolute atomic E-state index is 0.0289. The van der Waals surface area contributed by atoms with Crippen molar-refractivity contribution in [2.24, 2.45) is 53.3 Å². The number of carboxylic acid groups (broad SMARTS) is 1. The average molecular weight is 661 g/mol. The standard InChI is InChI=1S/C12H22O3.C12H24O2.C10H20O.C3H8.C2H6O/c1-8(2)10-5-4-9(3)6-11(10)15-7-12(13)14;1-9(2)11-5-4-10(3)8-12(11)14-7-6-13;1-7(2)9-5-4-8(3)6-10(9)11;1-3-2;1-2-3/h8-11H,4-7H2,1-3H3,(H,13,14);9-13H,4-8H2,1-3H3;7-11H,4-6H2,1-3H3;3H2,1-2H3;3H,2H2,1H3. The van der Waals surface area contributed by atoms with Crippen LogP contribution >= 0.6 is 0 Å². The molecule has 3 aliphatic rings. The second kappa shape index (κ2) is 28.1. The fraction of sp³-hybridized carbons (Fsp3) is 0.974. The number of aliphatic hydroxyl groups is 3. The molecule has 0 aromatic rings. The Bertz CT molecular complexity index is 696. The zero-order valence-electron chi connectivity index (χ0n) is 32.3. The zero-order valence-corrected chi connectivity index (χ0v) is 32.3. The van der Waals surface area contributed by atoms with Gasteiger partial charge in [-0.2, -0.15) is 0 Å². The maximum Gasteiger partial charge on any atom is 0.329 e. The van der Waals surface area contributed by atoms with E-state index in [1.54, 1.807) is 6.92 Å². The molecule has 0 aromatic carbocycles. The summed E-state index contributed by atoms with van der Waals surface area (Å²) in [7, 11) is 0. The Balaban J connectivity index is 0. The fourth-order valence-electron chi connectivity index (χ4n) is 7.15. The van der Waals surface area contributed by atoms with Gasteiger partial charge >= 0.3 is 5.97 Å². The first-order valence-corrected chi connectivity index (χ1v) is 18.9. The van der Waals surface area contributed by atoms with E-state index >= 15 is 0 Å². The molecular formula is C39H80O7. The van der Waals surface area contributed by atoms with Gasteiger partial charge in [0.15, 0.2) is 0 Å². The van der Waals surface area contributed by atoms with Crippen molar-refractivity contribution >= 4 is 5.97 Å². The quantitative estimate of drug-likeness (QED) is 0.195. The van der Waals surface area contributed by atoms with E-state index in [2.05, 4.69) is 76.2 Å². The molecule has 278 valence electrons. The first-order valence-electron chi connectivity index (χ1n) is 18.9. The molecule has 9 unspecified atom stereocenters. The highest BCUT2D eigenvalue weighted by Crippen LogP contribution is 2.36. The third kappa shape index (κ3) is 22.0. The SMILES string of the molecule is CC1CCC(C(C)C)C(O)C1.CC1CCC(C(C)C)C(OCC(=O)O)C1.CC1CCC(C(C)C)C(OCCO)C1.CCC.CCO. The molecule has 9 atom stereocenters. The molecular weight excluding hydrogens is 580 g/mol. The van der Waals surface area contributed by atoms with Gasteiger partial charge in [0.2, 0.25) is 0 Å². The third-order valence-electron chi connectivity index (χ3n) is 9.75. The Morgan fingerprint density at radius 3 is 1.33 bits per heavy atom. The summed E-state index contributed by atoms with van der Waals surface area (Å²) in [6.07, 6.45) is 12.5. The van der Waals surface area contributed by atoms with E-state index in [9.17, 15) is 9.90 Å². The van der Waals surface area contributed by atoms with Crippen molar-refractivity contribution in [2.75, 3.05) is 26.4 Å². The number of carbonyl (C=O) groups is 1. The van der Waals surface area contributed by atoms with E-state index in [1.165, 1.54) is 51.4 Å². The number of aliphatic carboxylic acids is 1. The van der Waals surface area contributed by atoms with E-state index in [0.29, 0.717) is 54.1 Å². The highest BCUT2D eigenvalue weighted by Gasteiger charge is 2.32. The van der Waals surface area contributed by atoms with Crippen LogP contribution in [0.25, 0.3) is 0 Å². The van der Waals surface area contributed by atoms with Gasteiger partial charge < -0.3 is 29.9 Å². The zero-order chi connectivity index (χ0) is 35.8. The van der Waals surface area contributed by atoms with Gasteiger partial charge in [0, 0.05) is 6.61 Å². The van der Waals surface area contributed by atoms with Gasteiger partial charge in [-0.15, -0.1) is 0 Å². The lowest BCUT2D eigenvalue weighted by Crippen LogP contribution is -2.35. The summed E-state index contributed by atoms with van der Waals surface area (Å²) in [4.78, 5) is 10.5. The third-order valence-corrected chi connectivity index (χ3v) is 9.75. The minimum Gasteiger partial charge on any atom is -0.480 e. The van der Waals surface area contributed by atoms with Crippen molar-refractivity contribution in [1.29, 1.82) is 0 Å². The fourth-order valence-corrected chi connectivity index (χ4v) is 7.15. The first kappa shape index (κ1) is 47.4. The number of hydrogen-bond acceptors (Lipinski definition) is 6. The van der Waals surface area contributed by atoms with Crippen LogP contribution in [-0.4, -0.2) is 71.1 Å². The van der Waals surface area contributed by atoms with E-state index in [0.717, 1.165) is 24.7 Å². The van der Waals surface area contributed by atoms with Gasteiger partial charge in [-0.3, -0.25) is 0 Å². The van der Waals surface area contributed by atoms with Gasteiger partial charge in [0.05, 0.1) is 31.5 Å². The van der Waals surface area contributed by atoms with E-state index < -0.39 is 5.97 Å². The Morgan fingerprint density at radius 2 is 1.00 bits per heavy atom. The van der Waals surface area contributed by atoms with Crippen LogP contribution in [0.15, 0.2) is 0 Å². The molecule has 0 aromatic heterocycles. The van der Waals surface area contributed by atoms with Gasteiger partial charge in [0.25, 0.3) is 0 Å². The highest BCUT2D eigenvalue weighted by molar-refractivity contribution is 5.68. The van der Waals surface area contributed by atoms with Crippen LogP contribution in [-0.2, 0) is 14.3 Å². The summed E-state index contributed by atoms with van der Waals surface area (Å²) in [6.45, 7) is 26.8. The Kier molecular flexibility index (Phi) is 29.0. The smallest absolute Gasteiger partial charge is 0.329 e. The lowest BCUT2D eigenvalue weighted by Gasteiger charge is -2.37. The van der Waals surface area contributed by atoms with Crippen LogP contribution in [0, 0.1) is 53.3 Å². The van der Waals surface area contributed by atoms with Crippen LogP contribution in [0.5, 0.6) is 0 Å². The van der Waals surface area contributed by atoms with Gasteiger partial charge in [0.1, 0.15) is 6.61 Å². The largest absolute Gasteiger partial charge is 0.480 e. The molecule has 4 N–H and O–H groups in total. The lowest BCUT2D eigenvalue weighted by atomic mass is 9.75. The van der Waals surface area contributed by atoms with Crippen molar-refractivity contribution < 1.29 is 34.7 Å². The normalized spacial score (nSPS) is 30.9. The molecule has 0 radical (unpaired) electrons. The number of ether oxygens (including phenoxy) is 2. The van der Waals surface area contributed by atoms with Crippen LogP contribution in [0.2, 0.25) is 0 Å². The molecule has 0 heterocycles. The molecule has 3 aliphatic carbocycles. The second-order valence-corrected chi connectivity index (χ2v) is 15.4. The highest BCUT2D eigenvalue weighted by atomic mass is 16.5. The summed E-state index contributed by atoms with van der Waals surface area (Å²) in [6, 6.07) is 0. The molecule has 0 bridgehead atoms. The van der Waals surface area contributed by atoms with Crippen molar-refractivity contribution in [3.8, 4) is 0 Å². The Hall–Kier alpha value is -0.730. The van der Waals surface area contributed by atoms with E-state index in [4.69, 9.17) is 24.8 Å². The first-order chi connectivity index (χ1) is 21.6. The summed E-state index contributed by atoms with van der Waals surface area (Å²) in [5, 5.41) is 34.7. The molecule has 0 amide bonds. The maximum absolute atomic E-state index is 10.5. The van der Waals surface area contributed by atoms with Gasteiger partial charge in [-0.05, 0) is 98.7 Å². The number of hydrogen-bond donors (Lipinski definition) is 4. The molecule has 3 saturated carbocycles. The molecule has 0 spiro atoms. The van der Waals surface area contributed by atoms with Crippen molar-refractivity contribution in [3.63, 3.8) is 0 Å².